The number of aromatic nitrogens is 2. The van der Waals surface area contributed by atoms with Crippen molar-refractivity contribution in [2.75, 3.05) is 23.8 Å². The third kappa shape index (κ3) is 3.48. The second-order valence-corrected chi connectivity index (χ2v) is 4.78. The average Bonchev–Trinajstić information content (AvgIpc) is 3.00. The van der Waals surface area contributed by atoms with Crippen molar-refractivity contribution in [2.24, 2.45) is 0 Å². The topological polar surface area (TPSA) is 72.2 Å². The molecule has 0 radical (unpaired) electrons. The molecule has 2 aromatic heterocycles. The van der Waals surface area contributed by atoms with Crippen molar-refractivity contribution in [2.45, 2.75) is 25.4 Å². The van der Waals surface area contributed by atoms with Gasteiger partial charge < -0.3 is 19.8 Å². The van der Waals surface area contributed by atoms with E-state index in [0.717, 1.165) is 43.5 Å². The molecule has 0 aromatic carbocycles. The van der Waals surface area contributed by atoms with Gasteiger partial charge in [0.2, 0.25) is 0 Å². The third-order valence-electron chi connectivity index (χ3n) is 3.20. The van der Waals surface area contributed by atoms with E-state index in [1.54, 1.807) is 12.6 Å². The van der Waals surface area contributed by atoms with Crippen LogP contribution in [0.2, 0.25) is 0 Å². The van der Waals surface area contributed by atoms with Gasteiger partial charge in [0.05, 0.1) is 25.5 Å². The molecule has 2 aromatic rings. The Morgan fingerprint density at radius 2 is 2.25 bits per heavy atom. The predicted octanol–water partition coefficient (Wildman–Crippen LogP) is 2.27. The third-order valence-corrected chi connectivity index (χ3v) is 3.20. The number of rotatable bonds is 5. The van der Waals surface area contributed by atoms with E-state index in [1.807, 2.05) is 18.2 Å². The van der Waals surface area contributed by atoms with Crippen molar-refractivity contribution in [3.63, 3.8) is 0 Å². The highest BCUT2D eigenvalue weighted by molar-refractivity contribution is 5.47. The largest absolute Gasteiger partial charge is 0.467 e. The molecular weight excluding hydrogens is 256 g/mol. The van der Waals surface area contributed by atoms with Crippen molar-refractivity contribution in [1.29, 1.82) is 0 Å². The molecule has 0 amide bonds. The summed E-state index contributed by atoms with van der Waals surface area (Å²) in [5, 5.41) is 6.58. The van der Waals surface area contributed by atoms with E-state index in [0.29, 0.717) is 12.6 Å². The molecule has 1 aliphatic rings. The summed E-state index contributed by atoms with van der Waals surface area (Å²) >= 11 is 0. The van der Waals surface area contributed by atoms with E-state index in [1.165, 1.54) is 0 Å². The molecule has 6 heteroatoms. The van der Waals surface area contributed by atoms with Gasteiger partial charge in [-0.05, 0) is 25.0 Å². The Hall–Kier alpha value is -2.08. The second kappa shape index (κ2) is 6.38. The molecule has 2 N–H and O–H groups in total. The summed E-state index contributed by atoms with van der Waals surface area (Å²) in [6.07, 6.45) is 5.41. The number of nitrogens with one attached hydrogen (secondary N) is 2. The van der Waals surface area contributed by atoms with Gasteiger partial charge in [0.25, 0.3) is 0 Å². The van der Waals surface area contributed by atoms with Gasteiger partial charge in [-0.15, -0.1) is 0 Å². The molecule has 0 saturated carbocycles. The summed E-state index contributed by atoms with van der Waals surface area (Å²) in [7, 11) is 0. The highest BCUT2D eigenvalue weighted by atomic mass is 16.5. The number of nitrogens with zero attached hydrogens (tertiary/aromatic N) is 2. The van der Waals surface area contributed by atoms with Crippen LogP contribution in [0.3, 0.4) is 0 Å². The molecule has 106 valence electrons. The molecule has 1 aliphatic heterocycles. The Morgan fingerprint density at radius 3 is 3.05 bits per heavy atom. The van der Waals surface area contributed by atoms with Crippen LogP contribution in [0.15, 0.2) is 35.2 Å². The minimum absolute atomic E-state index is 0.330. The maximum Gasteiger partial charge on any atom is 0.131 e. The summed E-state index contributed by atoms with van der Waals surface area (Å²) in [5.41, 5.74) is 0. The van der Waals surface area contributed by atoms with E-state index in [2.05, 4.69) is 20.6 Å². The normalized spacial score (nSPS) is 18.7. The first-order chi connectivity index (χ1) is 9.90. The lowest BCUT2D eigenvalue weighted by molar-refractivity contribution is 0.0875. The van der Waals surface area contributed by atoms with Crippen molar-refractivity contribution >= 4 is 11.6 Å². The lowest BCUT2D eigenvalue weighted by Crippen LogP contribution is -2.30. The molecule has 1 atom stereocenters. The van der Waals surface area contributed by atoms with E-state index < -0.39 is 0 Å². The van der Waals surface area contributed by atoms with Crippen LogP contribution in [0, 0.1) is 0 Å². The minimum Gasteiger partial charge on any atom is -0.467 e. The van der Waals surface area contributed by atoms with Gasteiger partial charge in [-0.25, -0.2) is 9.97 Å². The fourth-order valence-electron chi connectivity index (χ4n) is 2.19. The Kier molecular flexibility index (Phi) is 4.13. The summed E-state index contributed by atoms with van der Waals surface area (Å²) in [5.74, 6) is 2.46. The van der Waals surface area contributed by atoms with Crippen LogP contribution in [-0.4, -0.2) is 29.2 Å². The SMILES string of the molecule is c1coc(CNc2cc(N[C@@H]3CCCOC3)ncn2)c1. The smallest absolute Gasteiger partial charge is 0.131 e. The monoisotopic (exact) mass is 274 g/mol. The predicted molar refractivity (Wildman–Crippen MR) is 75.5 cm³/mol. The fourth-order valence-corrected chi connectivity index (χ4v) is 2.19. The quantitative estimate of drug-likeness (QED) is 0.871. The lowest BCUT2D eigenvalue weighted by Gasteiger charge is -2.23. The highest BCUT2D eigenvalue weighted by Crippen LogP contribution is 2.15. The molecule has 1 fully saturated rings. The van der Waals surface area contributed by atoms with Crippen molar-refractivity contribution in [1.82, 2.24) is 9.97 Å². The average molecular weight is 274 g/mol. The van der Waals surface area contributed by atoms with E-state index in [-0.39, 0.29) is 0 Å². The van der Waals surface area contributed by atoms with Gasteiger partial charge in [-0.3, -0.25) is 0 Å². The van der Waals surface area contributed by atoms with Gasteiger partial charge in [-0.2, -0.15) is 0 Å². The van der Waals surface area contributed by atoms with Gasteiger partial charge >= 0.3 is 0 Å². The summed E-state index contributed by atoms with van der Waals surface area (Å²) in [4.78, 5) is 8.43. The Bertz CT molecular complexity index is 524. The maximum absolute atomic E-state index is 5.45. The fraction of sp³-hybridized carbons (Fsp3) is 0.429. The molecule has 20 heavy (non-hydrogen) atoms. The summed E-state index contributed by atoms with van der Waals surface area (Å²) in [6.45, 7) is 2.20. The lowest BCUT2D eigenvalue weighted by atomic mass is 10.1. The summed E-state index contributed by atoms with van der Waals surface area (Å²) < 4.78 is 10.7. The van der Waals surface area contributed by atoms with Gasteiger partial charge in [0, 0.05) is 12.7 Å². The molecular formula is C14H18N4O2. The standard InChI is InChI=1S/C14H18N4O2/c1-3-11(9-19-5-1)18-14-7-13(16-10-17-14)15-8-12-4-2-6-20-12/h2,4,6-7,10-11H,1,3,5,8-9H2,(H2,15,16,17,18)/t11-/m1/s1. The van der Waals surface area contributed by atoms with E-state index in [4.69, 9.17) is 9.15 Å². The zero-order chi connectivity index (χ0) is 13.6. The van der Waals surface area contributed by atoms with Crippen LogP contribution in [-0.2, 0) is 11.3 Å². The number of ether oxygens (including phenoxy) is 1. The van der Waals surface area contributed by atoms with Gasteiger partial charge in [0.1, 0.15) is 23.7 Å². The van der Waals surface area contributed by atoms with Crippen LogP contribution in [0.25, 0.3) is 0 Å². The summed E-state index contributed by atoms with van der Waals surface area (Å²) in [6, 6.07) is 6.02. The maximum atomic E-state index is 5.45. The first kappa shape index (κ1) is 12.9. The van der Waals surface area contributed by atoms with Crippen LogP contribution in [0.5, 0.6) is 0 Å². The molecule has 6 nitrogen and oxygen atoms in total. The van der Waals surface area contributed by atoms with E-state index in [9.17, 15) is 0 Å². The highest BCUT2D eigenvalue weighted by Gasteiger charge is 2.14. The Morgan fingerprint density at radius 1 is 1.30 bits per heavy atom. The first-order valence-electron chi connectivity index (χ1n) is 6.83. The molecule has 1 saturated heterocycles. The van der Waals surface area contributed by atoms with Gasteiger partial charge in [0.15, 0.2) is 0 Å². The minimum atomic E-state index is 0.330. The Labute approximate surface area is 117 Å². The molecule has 0 spiro atoms. The van der Waals surface area contributed by atoms with Crippen molar-refractivity contribution < 1.29 is 9.15 Å². The number of hydrogen-bond donors (Lipinski definition) is 2. The van der Waals surface area contributed by atoms with Crippen molar-refractivity contribution in [3.8, 4) is 0 Å². The molecule has 0 bridgehead atoms. The number of furan rings is 1. The van der Waals surface area contributed by atoms with Crippen LogP contribution in [0.4, 0.5) is 11.6 Å². The van der Waals surface area contributed by atoms with E-state index >= 15 is 0 Å². The molecule has 3 rings (SSSR count). The second-order valence-electron chi connectivity index (χ2n) is 4.78. The molecule has 0 unspecified atom stereocenters. The zero-order valence-electron chi connectivity index (χ0n) is 11.2. The Balaban J connectivity index is 1.57. The number of hydrogen-bond acceptors (Lipinski definition) is 6. The number of anilines is 2. The van der Waals surface area contributed by atoms with Crippen LogP contribution < -0.4 is 10.6 Å². The van der Waals surface area contributed by atoms with Crippen LogP contribution in [0.1, 0.15) is 18.6 Å². The van der Waals surface area contributed by atoms with Crippen LogP contribution >= 0.6 is 0 Å². The van der Waals surface area contributed by atoms with Crippen molar-refractivity contribution in [3.05, 3.63) is 36.5 Å². The zero-order valence-corrected chi connectivity index (χ0v) is 11.2. The molecule has 0 aliphatic carbocycles. The molecule has 3 heterocycles. The first-order valence-corrected chi connectivity index (χ1v) is 6.83. The van der Waals surface area contributed by atoms with Gasteiger partial charge in [-0.1, -0.05) is 0 Å².